The summed E-state index contributed by atoms with van der Waals surface area (Å²) in [6.45, 7) is 3.69. The second-order valence-corrected chi connectivity index (χ2v) is 7.62. The molecule has 1 saturated heterocycles. The normalized spacial score (nSPS) is 21.6. The highest BCUT2D eigenvalue weighted by molar-refractivity contribution is 7.19. The van der Waals surface area contributed by atoms with E-state index >= 15 is 0 Å². The fourth-order valence-corrected chi connectivity index (χ4v) is 4.97. The van der Waals surface area contributed by atoms with Crippen LogP contribution in [0.25, 0.3) is 16.0 Å². The number of hydrogen-bond donors (Lipinski definition) is 1. The molecule has 0 aliphatic carbocycles. The average molecular weight is 345 g/mol. The maximum absolute atomic E-state index is 5.73. The minimum Gasteiger partial charge on any atom is -0.376 e. The van der Waals surface area contributed by atoms with Crippen LogP contribution in [0.15, 0.2) is 0 Å². The first-order valence-corrected chi connectivity index (χ1v) is 9.17. The molecular weight excluding hydrogens is 326 g/mol. The molecule has 9 heteroatoms. The van der Waals surface area contributed by atoms with Gasteiger partial charge in [0, 0.05) is 31.1 Å². The first-order chi connectivity index (χ1) is 11.8. The summed E-state index contributed by atoms with van der Waals surface area (Å²) < 4.78 is 7.49. The number of ether oxygens (including phenoxy) is 1. The van der Waals surface area contributed by atoms with E-state index in [4.69, 9.17) is 4.74 Å². The fraction of sp³-hybridized carbons (Fsp3) is 0.600. The summed E-state index contributed by atoms with van der Waals surface area (Å²) in [6.07, 6.45) is 3.56. The van der Waals surface area contributed by atoms with Crippen LogP contribution in [0.4, 0.5) is 5.82 Å². The topological polar surface area (TPSA) is 80.5 Å². The third-order valence-corrected chi connectivity index (χ3v) is 6.04. The van der Waals surface area contributed by atoms with Crippen molar-refractivity contribution in [2.45, 2.75) is 31.9 Å². The molecule has 0 saturated carbocycles. The van der Waals surface area contributed by atoms with E-state index in [0.717, 1.165) is 56.2 Å². The van der Waals surface area contributed by atoms with Gasteiger partial charge in [0.15, 0.2) is 0 Å². The van der Waals surface area contributed by atoms with Gasteiger partial charge in [-0.25, -0.2) is 0 Å². The zero-order chi connectivity index (χ0) is 16.1. The van der Waals surface area contributed by atoms with Gasteiger partial charge in [-0.15, -0.1) is 11.3 Å². The highest BCUT2D eigenvalue weighted by atomic mass is 32.1. The summed E-state index contributed by atoms with van der Waals surface area (Å²) in [7, 11) is 2.16. The Hall–Kier alpha value is -1.84. The molecule has 0 bridgehead atoms. The van der Waals surface area contributed by atoms with E-state index in [1.807, 2.05) is 0 Å². The molecule has 24 heavy (non-hydrogen) atoms. The minimum absolute atomic E-state index is 0.273. The zero-order valence-electron chi connectivity index (χ0n) is 13.5. The van der Waals surface area contributed by atoms with E-state index in [9.17, 15) is 0 Å². The first kappa shape index (κ1) is 14.5. The van der Waals surface area contributed by atoms with Gasteiger partial charge in [-0.1, -0.05) is 5.10 Å². The number of tetrazole rings is 1. The quantitative estimate of drug-likeness (QED) is 0.766. The van der Waals surface area contributed by atoms with Crippen LogP contribution in [0.1, 0.15) is 23.3 Å². The number of rotatable bonds is 3. The molecule has 2 aliphatic heterocycles. The average Bonchev–Trinajstić information content (AvgIpc) is 3.30. The van der Waals surface area contributed by atoms with Gasteiger partial charge in [0.1, 0.15) is 10.6 Å². The number of thiophene rings is 1. The van der Waals surface area contributed by atoms with Gasteiger partial charge in [0.25, 0.3) is 5.78 Å². The lowest BCUT2D eigenvalue weighted by molar-refractivity contribution is 0.120. The van der Waals surface area contributed by atoms with E-state index in [2.05, 4.69) is 37.8 Å². The smallest absolute Gasteiger partial charge is 0.276 e. The van der Waals surface area contributed by atoms with Crippen LogP contribution >= 0.6 is 11.3 Å². The molecule has 3 aromatic rings. The van der Waals surface area contributed by atoms with Crippen LogP contribution in [0, 0.1) is 0 Å². The van der Waals surface area contributed by atoms with Crippen molar-refractivity contribution in [2.75, 3.05) is 32.1 Å². The maximum Gasteiger partial charge on any atom is 0.276 e. The SMILES string of the molecule is CN1CCc2c(sc3c2c(NC[C@@H]2CCCO2)nc2nnnn23)C1. The van der Waals surface area contributed by atoms with Crippen molar-refractivity contribution in [3.8, 4) is 0 Å². The zero-order valence-corrected chi connectivity index (χ0v) is 14.3. The van der Waals surface area contributed by atoms with E-state index in [1.165, 1.54) is 15.8 Å². The van der Waals surface area contributed by atoms with E-state index in [0.29, 0.717) is 5.78 Å². The number of aromatic nitrogens is 5. The van der Waals surface area contributed by atoms with Crippen LogP contribution in [-0.4, -0.2) is 62.8 Å². The molecule has 0 spiro atoms. The van der Waals surface area contributed by atoms with Crippen LogP contribution in [0.3, 0.4) is 0 Å². The van der Waals surface area contributed by atoms with Gasteiger partial charge in [-0.05, 0) is 42.3 Å². The van der Waals surface area contributed by atoms with Crippen molar-refractivity contribution in [1.82, 2.24) is 29.9 Å². The lowest BCUT2D eigenvalue weighted by Gasteiger charge is -2.22. The number of hydrogen-bond acceptors (Lipinski definition) is 8. The van der Waals surface area contributed by atoms with Crippen molar-refractivity contribution in [3.63, 3.8) is 0 Å². The van der Waals surface area contributed by atoms with Crippen molar-refractivity contribution >= 4 is 33.1 Å². The number of nitrogens with one attached hydrogen (secondary N) is 1. The largest absolute Gasteiger partial charge is 0.376 e. The Morgan fingerprint density at radius 2 is 2.38 bits per heavy atom. The van der Waals surface area contributed by atoms with E-state index in [-0.39, 0.29) is 6.10 Å². The third-order valence-electron chi connectivity index (χ3n) is 4.84. The van der Waals surface area contributed by atoms with Crippen LogP contribution in [-0.2, 0) is 17.7 Å². The van der Waals surface area contributed by atoms with Crippen LogP contribution < -0.4 is 5.32 Å². The number of fused-ring (bicyclic) bond motifs is 5. The Morgan fingerprint density at radius 1 is 1.42 bits per heavy atom. The van der Waals surface area contributed by atoms with Gasteiger partial charge in [0.05, 0.1) is 11.5 Å². The molecular formula is C15H19N7OS. The second kappa shape index (κ2) is 5.61. The van der Waals surface area contributed by atoms with E-state index < -0.39 is 0 Å². The Balaban J connectivity index is 1.62. The van der Waals surface area contributed by atoms with Crippen molar-refractivity contribution < 1.29 is 4.74 Å². The number of nitrogens with zero attached hydrogens (tertiary/aromatic N) is 6. The minimum atomic E-state index is 0.273. The van der Waals surface area contributed by atoms with Gasteiger partial charge in [0.2, 0.25) is 0 Å². The van der Waals surface area contributed by atoms with Gasteiger partial charge >= 0.3 is 0 Å². The van der Waals surface area contributed by atoms with Crippen molar-refractivity contribution in [1.29, 1.82) is 0 Å². The second-order valence-electron chi connectivity index (χ2n) is 6.54. The Morgan fingerprint density at radius 3 is 3.25 bits per heavy atom. The standard InChI is InChI=1S/C15H19N7OS/c1-21-5-4-10-11(8-21)24-14-12(10)13(16-7-9-3-2-6-23-9)17-15-18-19-20-22(14)15/h9H,2-8H2,1H3,(H,16,17,18,20)/t9-/m0/s1. The molecule has 8 nitrogen and oxygen atoms in total. The molecule has 5 rings (SSSR count). The van der Waals surface area contributed by atoms with Crippen LogP contribution in [0.2, 0.25) is 0 Å². The predicted molar refractivity (Wildman–Crippen MR) is 91.5 cm³/mol. The number of likely N-dealkylation sites (N-methyl/N-ethyl adjacent to an activating group) is 1. The maximum atomic E-state index is 5.73. The highest BCUT2D eigenvalue weighted by Crippen LogP contribution is 2.38. The van der Waals surface area contributed by atoms with Crippen molar-refractivity contribution in [3.05, 3.63) is 10.4 Å². The first-order valence-electron chi connectivity index (χ1n) is 8.36. The van der Waals surface area contributed by atoms with Gasteiger partial charge in [-0.3, -0.25) is 0 Å². The predicted octanol–water partition coefficient (Wildman–Crippen LogP) is 1.31. The molecule has 0 aromatic carbocycles. The lowest BCUT2D eigenvalue weighted by Crippen LogP contribution is -2.25. The Labute approximate surface area is 142 Å². The van der Waals surface area contributed by atoms with Gasteiger partial charge < -0.3 is 15.0 Å². The molecule has 2 aliphatic rings. The molecule has 0 radical (unpaired) electrons. The Kier molecular flexibility index (Phi) is 3.39. The molecule has 0 unspecified atom stereocenters. The molecule has 1 N–H and O–H groups in total. The molecule has 0 amide bonds. The summed E-state index contributed by atoms with van der Waals surface area (Å²) in [5.74, 6) is 1.44. The summed E-state index contributed by atoms with van der Waals surface area (Å²) in [5, 5.41) is 16.7. The summed E-state index contributed by atoms with van der Waals surface area (Å²) in [6, 6.07) is 0. The summed E-state index contributed by atoms with van der Waals surface area (Å²) in [4.78, 5) is 9.50. The third kappa shape index (κ3) is 2.27. The fourth-order valence-electron chi connectivity index (χ4n) is 3.59. The molecule has 1 atom stereocenters. The van der Waals surface area contributed by atoms with E-state index in [1.54, 1.807) is 15.9 Å². The van der Waals surface area contributed by atoms with Gasteiger partial charge in [-0.2, -0.15) is 9.50 Å². The molecule has 3 aromatic heterocycles. The molecule has 5 heterocycles. The van der Waals surface area contributed by atoms with Crippen molar-refractivity contribution in [2.24, 2.45) is 0 Å². The monoisotopic (exact) mass is 345 g/mol. The summed E-state index contributed by atoms with van der Waals surface area (Å²) in [5.41, 5.74) is 1.40. The number of anilines is 1. The summed E-state index contributed by atoms with van der Waals surface area (Å²) >= 11 is 1.78. The molecule has 1 fully saturated rings. The Bertz CT molecular complexity index is 898. The van der Waals surface area contributed by atoms with Crippen LogP contribution in [0.5, 0.6) is 0 Å². The lowest BCUT2D eigenvalue weighted by atomic mass is 10.1. The molecule has 126 valence electrons. The highest BCUT2D eigenvalue weighted by Gasteiger charge is 2.25.